The lowest BCUT2D eigenvalue weighted by molar-refractivity contribution is -0.123. The zero-order valence-electron chi connectivity index (χ0n) is 47.6. The van der Waals surface area contributed by atoms with Crippen LogP contribution in [-0.4, -0.2) is 153 Å². The fourth-order valence-corrected chi connectivity index (χ4v) is 6.18. The van der Waals surface area contributed by atoms with E-state index in [9.17, 15) is 28.8 Å². The maximum absolute atomic E-state index is 13.1. The predicted molar refractivity (Wildman–Crippen MR) is 304 cm³/mol. The van der Waals surface area contributed by atoms with E-state index in [1.54, 1.807) is 24.3 Å². The Morgan fingerprint density at radius 3 is 1.81 bits per heavy atom. The molecule has 3 aromatic heterocycles. The highest BCUT2D eigenvalue weighted by Crippen LogP contribution is 2.27. The number of hydrogen-bond acceptors (Lipinski definition) is 16. The smallest absolute Gasteiger partial charge is 0.328 e. The number of aryl methyl sites for hydroxylation is 2. The summed E-state index contributed by atoms with van der Waals surface area (Å²) in [4.78, 5) is 86.2. The highest BCUT2D eigenvalue weighted by Gasteiger charge is 2.25. The van der Waals surface area contributed by atoms with Crippen molar-refractivity contribution >= 4 is 47.7 Å². The number of aromatic amines is 1. The van der Waals surface area contributed by atoms with Crippen molar-refractivity contribution in [1.29, 1.82) is 0 Å². The molecule has 0 saturated carbocycles. The van der Waals surface area contributed by atoms with Crippen LogP contribution in [0.1, 0.15) is 91.1 Å². The highest BCUT2D eigenvalue weighted by molar-refractivity contribution is 6.39. The highest BCUT2D eigenvalue weighted by atomic mass is 35.5. The zero-order valence-corrected chi connectivity index (χ0v) is 49.1. The second-order valence-corrected chi connectivity index (χ2v) is 18.8. The van der Waals surface area contributed by atoms with Crippen LogP contribution in [0.5, 0.6) is 5.75 Å². The van der Waals surface area contributed by atoms with E-state index in [1.165, 1.54) is 74.7 Å². The number of rotatable bonds is 27. The van der Waals surface area contributed by atoms with E-state index in [2.05, 4.69) is 86.4 Å². The van der Waals surface area contributed by atoms with Crippen LogP contribution < -0.4 is 37.5 Å². The molecule has 3 amide bonds. The van der Waals surface area contributed by atoms with Gasteiger partial charge in [-0.25, -0.2) is 9.48 Å². The van der Waals surface area contributed by atoms with Gasteiger partial charge in [0.05, 0.1) is 86.3 Å². The molecule has 3 heterocycles. The number of H-pyrrole nitrogens is 1. The maximum Gasteiger partial charge on any atom is 0.328 e. The van der Waals surface area contributed by atoms with Gasteiger partial charge in [-0.3, -0.25) is 33.9 Å². The lowest BCUT2D eigenvalue weighted by Crippen LogP contribution is -2.48. The number of halogens is 2. The van der Waals surface area contributed by atoms with Crippen LogP contribution in [0.2, 0.25) is 10.0 Å². The predicted octanol–water partition coefficient (Wildman–Crippen LogP) is 5.31. The third kappa shape index (κ3) is 34.8. The largest absolute Gasteiger partial charge is 0.489 e. The minimum absolute atomic E-state index is 0.00563. The number of pyridine rings is 1. The molecule has 0 aliphatic carbocycles. The molecule has 4 aromatic rings. The second-order valence-electron chi connectivity index (χ2n) is 18.0. The first kappa shape index (κ1) is 74.2. The summed E-state index contributed by atoms with van der Waals surface area (Å²) in [5, 5.41) is 21.1. The van der Waals surface area contributed by atoms with Crippen molar-refractivity contribution in [3.05, 3.63) is 107 Å². The van der Waals surface area contributed by atoms with Gasteiger partial charge in [-0.05, 0) is 29.4 Å². The van der Waals surface area contributed by atoms with Crippen LogP contribution in [0.15, 0.2) is 69.5 Å². The van der Waals surface area contributed by atoms with Crippen molar-refractivity contribution in [2.75, 3.05) is 86.8 Å². The zero-order chi connectivity index (χ0) is 59.4. The standard InChI is InChI=1S/C33H42Cl2N6O9.C9H14N2O4.2C4H10.C3H8.CH2O/c1-22(42)37-9-11-47-12-13-48-14-15-49-16-17-50-28-21-39-41(2)33(45)29(28)24-6-4-23(5-7-24)18-27(31(43)38-8-10-46-3)40-32(44)30-25(34)19-36-20-26(30)35;1-15-7(6-12)2-4-11-5-3-8(13)10-9(11)14;2*1-4(2)3;1-3-2;1-2/h4-7,19-21,27H,8-18H2,1-3H3,(H,37,42)(H,38,43)(H,40,44);3,5,7,12H,2,4,6H2,1H3,(H,10,13,14);2*4H,1-3H3;3H2,1-2H3;1H2. The van der Waals surface area contributed by atoms with Crippen molar-refractivity contribution in [2.45, 2.75) is 100 Å². The Kier molecular flexibility index (Phi) is 43.9. The van der Waals surface area contributed by atoms with Crippen LogP contribution in [0.3, 0.4) is 0 Å². The van der Waals surface area contributed by atoms with E-state index >= 15 is 0 Å². The summed E-state index contributed by atoms with van der Waals surface area (Å²) in [6.45, 7) is 24.3. The molecule has 0 radical (unpaired) electrons. The normalized spacial score (nSPS) is 11.0. The van der Waals surface area contributed by atoms with E-state index in [0.29, 0.717) is 69.2 Å². The molecular formula is C54H86Cl2N8O14. The monoisotopic (exact) mass is 1140 g/mol. The Balaban J connectivity index is 0. The third-order valence-electron chi connectivity index (χ3n) is 9.07. The van der Waals surface area contributed by atoms with Gasteiger partial charge in [-0.2, -0.15) is 5.10 Å². The summed E-state index contributed by atoms with van der Waals surface area (Å²) in [7, 11) is 4.55. The van der Waals surface area contributed by atoms with Crippen LogP contribution in [0.25, 0.3) is 11.1 Å². The van der Waals surface area contributed by atoms with Crippen molar-refractivity contribution < 1.29 is 52.7 Å². The molecule has 440 valence electrons. The van der Waals surface area contributed by atoms with Crippen LogP contribution in [0, 0.1) is 11.8 Å². The molecular weight excluding hydrogens is 1060 g/mol. The number of carbonyl (C=O) groups is 4. The summed E-state index contributed by atoms with van der Waals surface area (Å²) >= 11 is 12.3. The Bertz CT molecular complexity index is 2380. The lowest BCUT2D eigenvalue weighted by Gasteiger charge is -2.19. The van der Waals surface area contributed by atoms with Gasteiger partial charge in [0, 0.05) is 78.9 Å². The maximum atomic E-state index is 13.1. The Labute approximate surface area is 469 Å². The molecule has 78 heavy (non-hydrogen) atoms. The number of aliphatic hydroxyl groups excluding tert-OH is 1. The Morgan fingerprint density at radius 2 is 1.31 bits per heavy atom. The van der Waals surface area contributed by atoms with Crippen LogP contribution in [0.4, 0.5) is 0 Å². The van der Waals surface area contributed by atoms with E-state index < -0.39 is 29.1 Å². The SMILES string of the molecule is C=O.CC(C)C.CC(C)C.CCC.COC(CO)CCn1ccc(=O)[nH]c1=O.COCCNC(=O)C(Cc1ccc(-c2c(OCCOCCOCCOCCNC(C)=O)cnn(C)c2=O)cc1)NC(=O)c1c(Cl)cncc1Cl. The summed E-state index contributed by atoms with van der Waals surface area (Å²) in [6, 6.07) is 7.26. The molecule has 0 saturated heterocycles. The summed E-state index contributed by atoms with van der Waals surface area (Å²) in [6.07, 6.45) is 7.06. The molecule has 1 aromatic carbocycles. The number of ether oxygens (including phenoxy) is 6. The van der Waals surface area contributed by atoms with Gasteiger partial charge in [0.1, 0.15) is 19.4 Å². The molecule has 0 aliphatic rings. The fourth-order valence-electron chi connectivity index (χ4n) is 5.65. The van der Waals surface area contributed by atoms with E-state index in [4.69, 9.17) is 61.5 Å². The minimum atomic E-state index is -0.988. The molecule has 5 N–H and O–H groups in total. The van der Waals surface area contributed by atoms with Gasteiger partial charge in [0.2, 0.25) is 11.8 Å². The van der Waals surface area contributed by atoms with Gasteiger partial charge in [0.25, 0.3) is 17.0 Å². The van der Waals surface area contributed by atoms with E-state index in [-0.39, 0.29) is 78.3 Å². The molecule has 2 atom stereocenters. The first-order chi connectivity index (χ1) is 37.2. The quantitative estimate of drug-likeness (QED) is 0.0473. The third-order valence-corrected chi connectivity index (χ3v) is 9.64. The number of amides is 3. The number of carbonyl (C=O) groups excluding carboxylic acids is 4. The van der Waals surface area contributed by atoms with Gasteiger partial charge >= 0.3 is 5.69 Å². The van der Waals surface area contributed by atoms with Gasteiger partial charge < -0.3 is 58.8 Å². The number of nitrogens with zero attached hydrogens (tertiary/aromatic N) is 4. The number of benzene rings is 1. The average Bonchev–Trinajstić information content (AvgIpc) is 3.38. The number of hydrogen-bond donors (Lipinski definition) is 5. The fraction of sp³-hybridized carbons (Fsp3) is 0.574. The van der Waals surface area contributed by atoms with Crippen molar-refractivity contribution in [2.24, 2.45) is 18.9 Å². The molecule has 0 aliphatic heterocycles. The first-order valence-corrected chi connectivity index (χ1v) is 26.3. The topological polar surface area (TPSA) is 283 Å². The molecule has 0 spiro atoms. The van der Waals surface area contributed by atoms with E-state index in [1.807, 2.05) is 6.79 Å². The average molecular weight is 1140 g/mol. The second kappa shape index (κ2) is 46.1. The molecule has 22 nitrogen and oxygen atoms in total. The van der Waals surface area contributed by atoms with Crippen molar-refractivity contribution in [3.8, 4) is 16.9 Å². The Morgan fingerprint density at radius 1 is 0.782 bits per heavy atom. The Hall–Kier alpha value is -5.85. The van der Waals surface area contributed by atoms with E-state index in [0.717, 1.165) is 11.8 Å². The van der Waals surface area contributed by atoms with Crippen molar-refractivity contribution in [3.63, 3.8) is 0 Å². The molecule has 0 bridgehead atoms. The van der Waals surface area contributed by atoms with Gasteiger partial charge in [-0.1, -0.05) is 109 Å². The summed E-state index contributed by atoms with van der Waals surface area (Å²) in [5.74, 6) is 0.782. The van der Waals surface area contributed by atoms with Crippen molar-refractivity contribution in [1.82, 2.24) is 40.3 Å². The molecule has 24 heteroatoms. The molecule has 0 fully saturated rings. The minimum Gasteiger partial charge on any atom is -0.489 e. The number of methoxy groups -OCH3 is 2. The number of nitrogens with one attached hydrogen (secondary N) is 4. The van der Waals surface area contributed by atoms with Gasteiger partial charge in [0.15, 0.2) is 5.75 Å². The first-order valence-electron chi connectivity index (χ1n) is 25.5. The van der Waals surface area contributed by atoms with Gasteiger partial charge in [-0.15, -0.1) is 0 Å². The summed E-state index contributed by atoms with van der Waals surface area (Å²) in [5.41, 5.74) is 0.356. The number of aliphatic hydroxyl groups is 1. The molecule has 2 unspecified atom stereocenters. The number of aromatic nitrogens is 5. The van der Waals surface area contributed by atoms with Crippen LogP contribution in [-0.2, 0) is 58.1 Å². The summed E-state index contributed by atoms with van der Waals surface area (Å²) < 4.78 is 34.8. The van der Waals surface area contributed by atoms with Crippen LogP contribution >= 0.6 is 23.2 Å². The lowest BCUT2D eigenvalue weighted by atomic mass is 10.0. The molecule has 4 rings (SSSR count).